The van der Waals surface area contributed by atoms with Crippen LogP contribution in [0.5, 0.6) is 11.5 Å². The van der Waals surface area contributed by atoms with Crippen molar-refractivity contribution in [3.05, 3.63) is 22.7 Å². The Hall–Kier alpha value is -1.66. The number of ether oxygens (including phenoxy) is 3. The number of nitrogens with two attached hydrogens (primary N) is 1. The number of nitrogens with zero attached hydrogens (tertiary/aromatic N) is 2. The van der Waals surface area contributed by atoms with Crippen LogP contribution in [-0.4, -0.2) is 51.9 Å². The van der Waals surface area contributed by atoms with E-state index >= 15 is 0 Å². The maximum atomic E-state index is 6.47. The molecule has 1 unspecified atom stereocenters. The molecule has 1 aliphatic heterocycles. The number of methoxy groups -OCH3 is 3. The minimum Gasteiger partial charge on any atom is -0.493 e. The lowest BCUT2D eigenvalue weighted by atomic mass is 10.1. The molecule has 0 amide bonds. The monoisotopic (exact) mass is 313 g/mol. The fourth-order valence-electron chi connectivity index (χ4n) is 2.42. The van der Waals surface area contributed by atoms with E-state index in [2.05, 4.69) is 4.99 Å². The fourth-order valence-corrected chi connectivity index (χ4v) is 2.78. The smallest absolute Gasteiger partial charge is 0.192 e. The quantitative estimate of drug-likeness (QED) is 0.865. The van der Waals surface area contributed by atoms with Crippen molar-refractivity contribution in [2.24, 2.45) is 10.7 Å². The van der Waals surface area contributed by atoms with Crippen LogP contribution in [0.1, 0.15) is 11.6 Å². The summed E-state index contributed by atoms with van der Waals surface area (Å²) in [5.74, 6) is 1.62. The van der Waals surface area contributed by atoms with Gasteiger partial charge in [0.2, 0.25) is 0 Å². The second-order valence-corrected chi connectivity index (χ2v) is 4.98. The van der Waals surface area contributed by atoms with Crippen LogP contribution in [0.15, 0.2) is 17.1 Å². The lowest BCUT2D eigenvalue weighted by Gasteiger charge is -2.27. The number of hydrogen-bond donors (Lipinski definition) is 1. The molecule has 6 nitrogen and oxygen atoms in total. The molecule has 1 aliphatic rings. The Labute approximate surface area is 129 Å². The van der Waals surface area contributed by atoms with Gasteiger partial charge in [0.1, 0.15) is 0 Å². The molecule has 0 saturated heterocycles. The fraction of sp³-hybridized carbons (Fsp3) is 0.500. The molecule has 0 bridgehead atoms. The predicted molar refractivity (Wildman–Crippen MR) is 82.4 cm³/mol. The Morgan fingerprint density at radius 2 is 2.10 bits per heavy atom. The summed E-state index contributed by atoms with van der Waals surface area (Å²) in [6.07, 6.45) is 0. The van der Waals surface area contributed by atoms with E-state index in [1.165, 1.54) is 0 Å². The van der Waals surface area contributed by atoms with Gasteiger partial charge in [0.25, 0.3) is 0 Å². The summed E-state index contributed by atoms with van der Waals surface area (Å²) in [6.45, 7) is 1.78. The number of hydrogen-bond acceptors (Lipinski definition) is 6. The normalized spacial score (nSPS) is 17.8. The highest BCUT2D eigenvalue weighted by Gasteiger charge is 2.30. The Morgan fingerprint density at radius 1 is 1.33 bits per heavy atom. The zero-order valence-electron chi connectivity index (χ0n) is 12.4. The van der Waals surface area contributed by atoms with Crippen LogP contribution in [0.4, 0.5) is 0 Å². The average molecular weight is 314 g/mol. The predicted octanol–water partition coefficient (Wildman–Crippen LogP) is 1.67. The molecule has 0 aliphatic carbocycles. The van der Waals surface area contributed by atoms with Crippen molar-refractivity contribution < 1.29 is 14.2 Å². The van der Waals surface area contributed by atoms with Gasteiger partial charge in [-0.2, -0.15) is 0 Å². The van der Waals surface area contributed by atoms with Gasteiger partial charge in [0, 0.05) is 13.7 Å². The van der Waals surface area contributed by atoms with Gasteiger partial charge in [-0.1, -0.05) is 17.7 Å². The zero-order chi connectivity index (χ0) is 15.4. The Kier molecular flexibility index (Phi) is 5.14. The van der Waals surface area contributed by atoms with Gasteiger partial charge in [0.15, 0.2) is 17.5 Å². The third-order valence-electron chi connectivity index (χ3n) is 3.51. The van der Waals surface area contributed by atoms with Crippen molar-refractivity contribution in [2.75, 3.05) is 41.0 Å². The molecule has 2 rings (SSSR count). The van der Waals surface area contributed by atoms with Crippen LogP contribution in [0.3, 0.4) is 0 Å². The van der Waals surface area contributed by atoms with E-state index in [9.17, 15) is 0 Å². The molecule has 0 fully saturated rings. The van der Waals surface area contributed by atoms with Gasteiger partial charge >= 0.3 is 0 Å². The molecule has 0 radical (unpaired) electrons. The Balaban J connectivity index is 2.33. The summed E-state index contributed by atoms with van der Waals surface area (Å²) in [4.78, 5) is 6.28. The molecule has 116 valence electrons. The molecule has 1 atom stereocenters. The highest BCUT2D eigenvalue weighted by molar-refractivity contribution is 6.33. The Morgan fingerprint density at radius 3 is 2.71 bits per heavy atom. The zero-order valence-corrected chi connectivity index (χ0v) is 13.2. The van der Waals surface area contributed by atoms with Crippen LogP contribution < -0.4 is 15.2 Å². The van der Waals surface area contributed by atoms with Gasteiger partial charge < -0.3 is 24.8 Å². The number of aliphatic imine (C=N–C) groups is 1. The molecule has 1 heterocycles. The third-order valence-corrected chi connectivity index (χ3v) is 3.90. The van der Waals surface area contributed by atoms with E-state index in [1.54, 1.807) is 21.3 Å². The summed E-state index contributed by atoms with van der Waals surface area (Å²) in [5.41, 5.74) is 6.86. The molecular weight excluding hydrogens is 294 g/mol. The van der Waals surface area contributed by atoms with Gasteiger partial charge in [-0.15, -0.1) is 0 Å². The second kappa shape index (κ2) is 6.87. The number of guanidine groups is 1. The van der Waals surface area contributed by atoms with E-state index in [4.69, 9.17) is 31.5 Å². The maximum Gasteiger partial charge on any atom is 0.192 e. The van der Waals surface area contributed by atoms with Crippen molar-refractivity contribution in [3.63, 3.8) is 0 Å². The van der Waals surface area contributed by atoms with Crippen molar-refractivity contribution in [2.45, 2.75) is 6.04 Å². The minimum absolute atomic E-state index is 0.0209. The molecule has 0 saturated carbocycles. The molecule has 2 N–H and O–H groups in total. The van der Waals surface area contributed by atoms with Gasteiger partial charge in [0.05, 0.1) is 38.4 Å². The van der Waals surface area contributed by atoms with Crippen LogP contribution in [0, 0.1) is 0 Å². The molecule has 7 heteroatoms. The van der Waals surface area contributed by atoms with Crippen molar-refractivity contribution in [1.82, 2.24) is 4.90 Å². The SMILES string of the molecule is COCCN1C(N)=NCC1c1ccc(OC)c(OC)c1Cl. The standard InChI is InChI=1S/C14H20ClN3O3/c1-19-7-6-18-10(8-17-14(18)16)9-4-5-11(20-2)13(21-3)12(9)15/h4-5,10H,6-8H2,1-3H3,(H2,16,17). The van der Waals surface area contributed by atoms with E-state index in [0.29, 0.717) is 42.2 Å². The Bertz CT molecular complexity index is 536. The minimum atomic E-state index is -0.0209. The van der Waals surface area contributed by atoms with Gasteiger partial charge in [-0.05, 0) is 11.6 Å². The van der Waals surface area contributed by atoms with Crippen LogP contribution in [0.2, 0.25) is 5.02 Å². The average Bonchev–Trinajstić information content (AvgIpc) is 2.85. The van der Waals surface area contributed by atoms with E-state index in [0.717, 1.165) is 5.56 Å². The first kappa shape index (κ1) is 15.7. The topological polar surface area (TPSA) is 69.3 Å². The van der Waals surface area contributed by atoms with Crippen LogP contribution in [-0.2, 0) is 4.74 Å². The van der Waals surface area contributed by atoms with Crippen molar-refractivity contribution >= 4 is 17.6 Å². The highest BCUT2D eigenvalue weighted by Crippen LogP contribution is 2.41. The highest BCUT2D eigenvalue weighted by atomic mass is 35.5. The lowest BCUT2D eigenvalue weighted by Crippen LogP contribution is -2.38. The van der Waals surface area contributed by atoms with Gasteiger partial charge in [-0.3, -0.25) is 4.99 Å². The number of benzene rings is 1. The molecule has 21 heavy (non-hydrogen) atoms. The van der Waals surface area contributed by atoms with Crippen molar-refractivity contribution in [3.8, 4) is 11.5 Å². The first-order valence-corrected chi connectivity index (χ1v) is 6.97. The van der Waals surface area contributed by atoms with Crippen molar-refractivity contribution in [1.29, 1.82) is 0 Å². The lowest BCUT2D eigenvalue weighted by molar-refractivity contribution is 0.166. The van der Waals surface area contributed by atoms with Crippen LogP contribution >= 0.6 is 11.6 Å². The summed E-state index contributed by atoms with van der Waals surface area (Å²) >= 11 is 6.47. The van der Waals surface area contributed by atoms with Crippen LogP contribution in [0.25, 0.3) is 0 Å². The molecule has 0 spiro atoms. The summed E-state index contributed by atoms with van der Waals surface area (Å²) < 4.78 is 15.7. The summed E-state index contributed by atoms with van der Waals surface area (Å²) in [6, 6.07) is 3.73. The number of halogens is 1. The summed E-state index contributed by atoms with van der Waals surface area (Å²) in [7, 11) is 4.80. The third kappa shape index (κ3) is 3.01. The summed E-state index contributed by atoms with van der Waals surface area (Å²) in [5, 5.41) is 0.522. The number of rotatable bonds is 6. The maximum absolute atomic E-state index is 6.47. The largest absolute Gasteiger partial charge is 0.493 e. The van der Waals surface area contributed by atoms with Gasteiger partial charge in [-0.25, -0.2) is 0 Å². The van der Waals surface area contributed by atoms with E-state index in [-0.39, 0.29) is 6.04 Å². The second-order valence-electron chi connectivity index (χ2n) is 4.61. The molecule has 0 aromatic heterocycles. The van der Waals surface area contributed by atoms with E-state index < -0.39 is 0 Å². The van der Waals surface area contributed by atoms with E-state index in [1.807, 2.05) is 17.0 Å². The molecule has 1 aromatic carbocycles. The molecule has 1 aromatic rings. The first-order valence-electron chi connectivity index (χ1n) is 6.59. The molecular formula is C14H20ClN3O3. The first-order chi connectivity index (χ1) is 10.1.